The second-order valence-electron chi connectivity index (χ2n) is 4.61. The van der Waals surface area contributed by atoms with Crippen molar-refractivity contribution in [3.63, 3.8) is 0 Å². The highest BCUT2D eigenvalue weighted by molar-refractivity contribution is 4.48. The Morgan fingerprint density at radius 3 is 2.47 bits per heavy atom. The van der Waals surface area contributed by atoms with Crippen LogP contribution in [0.2, 0.25) is 0 Å². The highest BCUT2D eigenvalue weighted by atomic mass is 16.5. The molecule has 0 spiro atoms. The molecule has 2 heteroatoms. The molecule has 0 aromatic heterocycles. The fraction of sp³-hybridized carbons (Fsp3) is 1.00. The van der Waals surface area contributed by atoms with Crippen LogP contribution in [0, 0.1) is 5.92 Å². The summed E-state index contributed by atoms with van der Waals surface area (Å²) in [6.45, 7) is 10.6. The smallest absolute Gasteiger partial charge is 0.0590 e. The first-order valence-electron chi connectivity index (χ1n) is 6.55. The number of hydrogen-bond donors (Lipinski definition) is 1. The zero-order valence-corrected chi connectivity index (χ0v) is 10.8. The van der Waals surface area contributed by atoms with Gasteiger partial charge >= 0.3 is 0 Å². The van der Waals surface area contributed by atoms with Gasteiger partial charge in [0.25, 0.3) is 0 Å². The molecular formula is C13H29NO. The second-order valence-corrected chi connectivity index (χ2v) is 4.61. The third kappa shape index (κ3) is 13.9. The second kappa shape index (κ2) is 12.0. The van der Waals surface area contributed by atoms with Crippen molar-refractivity contribution in [1.82, 2.24) is 5.32 Å². The summed E-state index contributed by atoms with van der Waals surface area (Å²) in [6, 6.07) is 0. The van der Waals surface area contributed by atoms with Crippen LogP contribution in [0.3, 0.4) is 0 Å². The topological polar surface area (TPSA) is 21.3 Å². The van der Waals surface area contributed by atoms with Gasteiger partial charge in [-0.05, 0) is 25.3 Å². The maximum Gasteiger partial charge on any atom is 0.0590 e. The SMILES string of the molecule is CCCCCCNCCOCCC(C)C. The maximum absolute atomic E-state index is 5.51. The molecule has 0 aliphatic heterocycles. The first-order chi connectivity index (χ1) is 7.27. The van der Waals surface area contributed by atoms with Crippen LogP contribution in [0.4, 0.5) is 0 Å². The van der Waals surface area contributed by atoms with Crippen LogP contribution < -0.4 is 5.32 Å². The van der Waals surface area contributed by atoms with Crippen LogP contribution in [0.15, 0.2) is 0 Å². The van der Waals surface area contributed by atoms with Gasteiger partial charge in [0.15, 0.2) is 0 Å². The number of nitrogens with one attached hydrogen (secondary N) is 1. The van der Waals surface area contributed by atoms with E-state index in [2.05, 4.69) is 26.1 Å². The van der Waals surface area contributed by atoms with Gasteiger partial charge in [-0.1, -0.05) is 40.0 Å². The molecule has 2 nitrogen and oxygen atoms in total. The molecule has 0 fully saturated rings. The zero-order chi connectivity index (χ0) is 11.4. The Morgan fingerprint density at radius 2 is 1.80 bits per heavy atom. The van der Waals surface area contributed by atoms with Crippen molar-refractivity contribution in [2.24, 2.45) is 5.92 Å². The predicted octanol–water partition coefficient (Wildman–Crippen LogP) is 3.22. The molecule has 0 aromatic rings. The number of rotatable bonds is 11. The van der Waals surface area contributed by atoms with E-state index in [1.165, 1.54) is 32.1 Å². The summed E-state index contributed by atoms with van der Waals surface area (Å²) in [7, 11) is 0. The van der Waals surface area contributed by atoms with Gasteiger partial charge in [-0.3, -0.25) is 0 Å². The molecule has 0 rings (SSSR count). The van der Waals surface area contributed by atoms with Crippen molar-refractivity contribution in [2.45, 2.75) is 52.9 Å². The molecule has 0 heterocycles. The Balaban J connectivity index is 2.87. The van der Waals surface area contributed by atoms with E-state index in [0.717, 1.165) is 32.2 Å². The normalized spacial score (nSPS) is 11.2. The summed E-state index contributed by atoms with van der Waals surface area (Å²) in [6.07, 6.45) is 6.53. The van der Waals surface area contributed by atoms with E-state index in [1.54, 1.807) is 0 Å². The maximum atomic E-state index is 5.51. The molecule has 92 valence electrons. The molecule has 0 atom stereocenters. The number of hydrogen-bond acceptors (Lipinski definition) is 2. The van der Waals surface area contributed by atoms with Crippen LogP contribution in [0.5, 0.6) is 0 Å². The van der Waals surface area contributed by atoms with Gasteiger partial charge in [0.05, 0.1) is 6.61 Å². The Labute approximate surface area is 95.8 Å². The van der Waals surface area contributed by atoms with Gasteiger partial charge in [-0.2, -0.15) is 0 Å². The highest BCUT2D eigenvalue weighted by Crippen LogP contribution is 1.98. The minimum atomic E-state index is 0.756. The third-order valence-electron chi connectivity index (χ3n) is 2.47. The summed E-state index contributed by atoms with van der Waals surface area (Å²) >= 11 is 0. The van der Waals surface area contributed by atoms with Gasteiger partial charge in [-0.25, -0.2) is 0 Å². The summed E-state index contributed by atoms with van der Waals surface area (Å²) in [5, 5.41) is 3.41. The Bertz CT molecular complexity index is 115. The molecule has 0 bridgehead atoms. The number of ether oxygens (including phenoxy) is 1. The van der Waals surface area contributed by atoms with Crippen molar-refractivity contribution in [3.8, 4) is 0 Å². The van der Waals surface area contributed by atoms with E-state index in [0.29, 0.717) is 0 Å². The zero-order valence-electron chi connectivity index (χ0n) is 10.8. The molecule has 0 aliphatic carbocycles. The van der Waals surface area contributed by atoms with Crippen LogP contribution in [-0.4, -0.2) is 26.3 Å². The molecule has 1 N–H and O–H groups in total. The van der Waals surface area contributed by atoms with Crippen molar-refractivity contribution < 1.29 is 4.74 Å². The summed E-state index contributed by atoms with van der Waals surface area (Å²) in [4.78, 5) is 0. The average molecular weight is 215 g/mol. The average Bonchev–Trinajstić information content (AvgIpc) is 2.20. The quantitative estimate of drug-likeness (QED) is 0.534. The number of unbranched alkanes of at least 4 members (excludes halogenated alkanes) is 3. The Kier molecular flexibility index (Phi) is 11.9. The molecule has 0 radical (unpaired) electrons. The highest BCUT2D eigenvalue weighted by Gasteiger charge is 1.93. The summed E-state index contributed by atoms with van der Waals surface area (Å²) in [5.41, 5.74) is 0. The summed E-state index contributed by atoms with van der Waals surface area (Å²) in [5.74, 6) is 0.756. The first-order valence-corrected chi connectivity index (χ1v) is 6.55. The van der Waals surface area contributed by atoms with Crippen molar-refractivity contribution in [3.05, 3.63) is 0 Å². The van der Waals surface area contributed by atoms with E-state index in [9.17, 15) is 0 Å². The molecule has 0 amide bonds. The lowest BCUT2D eigenvalue weighted by atomic mass is 10.1. The minimum Gasteiger partial charge on any atom is -0.380 e. The fourth-order valence-electron chi connectivity index (χ4n) is 1.37. The van der Waals surface area contributed by atoms with E-state index < -0.39 is 0 Å². The lowest BCUT2D eigenvalue weighted by Gasteiger charge is -2.07. The molecular weight excluding hydrogens is 186 g/mol. The van der Waals surface area contributed by atoms with E-state index >= 15 is 0 Å². The van der Waals surface area contributed by atoms with Crippen LogP contribution >= 0.6 is 0 Å². The molecule has 0 unspecified atom stereocenters. The van der Waals surface area contributed by atoms with Crippen LogP contribution in [0.1, 0.15) is 52.9 Å². The first kappa shape index (κ1) is 14.9. The van der Waals surface area contributed by atoms with E-state index in [-0.39, 0.29) is 0 Å². The molecule has 15 heavy (non-hydrogen) atoms. The Hall–Kier alpha value is -0.0800. The molecule has 0 aromatic carbocycles. The lowest BCUT2D eigenvalue weighted by molar-refractivity contribution is 0.125. The van der Waals surface area contributed by atoms with Crippen LogP contribution in [0.25, 0.3) is 0 Å². The predicted molar refractivity (Wildman–Crippen MR) is 67.3 cm³/mol. The molecule has 0 saturated heterocycles. The molecule has 0 aliphatic rings. The largest absolute Gasteiger partial charge is 0.380 e. The molecule has 0 saturated carbocycles. The van der Waals surface area contributed by atoms with E-state index in [4.69, 9.17) is 4.74 Å². The fourth-order valence-corrected chi connectivity index (χ4v) is 1.37. The Morgan fingerprint density at radius 1 is 1.00 bits per heavy atom. The minimum absolute atomic E-state index is 0.756. The van der Waals surface area contributed by atoms with Gasteiger partial charge in [-0.15, -0.1) is 0 Å². The summed E-state index contributed by atoms with van der Waals surface area (Å²) < 4.78 is 5.51. The van der Waals surface area contributed by atoms with E-state index in [1.807, 2.05) is 0 Å². The van der Waals surface area contributed by atoms with Crippen LogP contribution in [-0.2, 0) is 4.74 Å². The third-order valence-corrected chi connectivity index (χ3v) is 2.47. The van der Waals surface area contributed by atoms with Gasteiger partial charge in [0.1, 0.15) is 0 Å². The standard InChI is InChI=1S/C13H29NO/c1-4-5-6-7-9-14-10-12-15-11-8-13(2)3/h13-14H,4-12H2,1-3H3. The van der Waals surface area contributed by atoms with Gasteiger partial charge in [0.2, 0.25) is 0 Å². The van der Waals surface area contributed by atoms with Crippen molar-refractivity contribution in [2.75, 3.05) is 26.3 Å². The van der Waals surface area contributed by atoms with Gasteiger partial charge in [0, 0.05) is 13.2 Å². The van der Waals surface area contributed by atoms with Gasteiger partial charge < -0.3 is 10.1 Å². The van der Waals surface area contributed by atoms with Crippen molar-refractivity contribution >= 4 is 0 Å². The van der Waals surface area contributed by atoms with Crippen molar-refractivity contribution in [1.29, 1.82) is 0 Å². The monoisotopic (exact) mass is 215 g/mol. The lowest BCUT2D eigenvalue weighted by Crippen LogP contribution is -2.21.